The topological polar surface area (TPSA) is 52.6 Å². The molecule has 1 aromatic heterocycles. The molecule has 0 radical (unpaired) electrons. The minimum Gasteiger partial charge on any atom is -0.356 e. The Kier molecular flexibility index (Phi) is 5.71. The van der Waals surface area contributed by atoms with E-state index in [4.69, 9.17) is 0 Å². The zero-order valence-electron chi connectivity index (χ0n) is 16.5. The highest BCUT2D eigenvalue weighted by atomic mass is 19.1. The molecule has 7 heteroatoms. The van der Waals surface area contributed by atoms with E-state index in [0.717, 1.165) is 75.4 Å². The molecule has 0 unspecified atom stereocenters. The molecule has 2 fully saturated rings. The van der Waals surface area contributed by atoms with Crippen molar-refractivity contribution in [3.05, 3.63) is 30.3 Å². The van der Waals surface area contributed by atoms with Gasteiger partial charge in [-0.3, -0.25) is 4.79 Å². The fourth-order valence-electron chi connectivity index (χ4n) is 4.31. The van der Waals surface area contributed by atoms with Gasteiger partial charge in [0.1, 0.15) is 18.0 Å². The van der Waals surface area contributed by atoms with Crippen molar-refractivity contribution in [1.82, 2.24) is 19.8 Å². The van der Waals surface area contributed by atoms with Crippen molar-refractivity contribution in [3.63, 3.8) is 0 Å². The summed E-state index contributed by atoms with van der Waals surface area (Å²) < 4.78 is 13.7. The van der Waals surface area contributed by atoms with Gasteiger partial charge < -0.3 is 14.7 Å². The van der Waals surface area contributed by atoms with Gasteiger partial charge in [-0.25, -0.2) is 14.4 Å². The number of hydrogen-bond acceptors (Lipinski definition) is 5. The molecule has 0 saturated carbocycles. The van der Waals surface area contributed by atoms with E-state index in [1.54, 1.807) is 12.4 Å². The third-order valence-corrected chi connectivity index (χ3v) is 6.13. The minimum absolute atomic E-state index is 0.271. The molecular weight excluding hydrogens is 357 g/mol. The number of anilines is 1. The normalized spacial score (nSPS) is 19.4. The summed E-state index contributed by atoms with van der Waals surface area (Å²) in [6.07, 6.45) is 4.10. The van der Waals surface area contributed by atoms with Crippen molar-refractivity contribution in [3.8, 4) is 0 Å². The van der Waals surface area contributed by atoms with Crippen LogP contribution in [0.2, 0.25) is 0 Å². The molecule has 3 heterocycles. The number of rotatable bonds is 4. The molecule has 1 aromatic carbocycles. The Labute approximate surface area is 165 Å². The minimum atomic E-state index is -0.271. The van der Waals surface area contributed by atoms with Gasteiger partial charge >= 0.3 is 0 Å². The monoisotopic (exact) mass is 385 g/mol. The van der Waals surface area contributed by atoms with E-state index in [0.29, 0.717) is 18.2 Å². The fourth-order valence-corrected chi connectivity index (χ4v) is 4.31. The second kappa shape index (κ2) is 8.39. The first kappa shape index (κ1) is 19.1. The van der Waals surface area contributed by atoms with Crippen LogP contribution < -0.4 is 4.90 Å². The first-order valence-electron chi connectivity index (χ1n) is 10.3. The Morgan fingerprint density at radius 1 is 1.11 bits per heavy atom. The van der Waals surface area contributed by atoms with E-state index in [2.05, 4.69) is 26.7 Å². The van der Waals surface area contributed by atoms with Crippen LogP contribution in [-0.2, 0) is 4.79 Å². The Morgan fingerprint density at radius 2 is 1.86 bits per heavy atom. The van der Waals surface area contributed by atoms with Crippen LogP contribution in [0, 0.1) is 11.7 Å². The van der Waals surface area contributed by atoms with Gasteiger partial charge in [-0.05, 0) is 43.5 Å². The number of benzene rings is 1. The van der Waals surface area contributed by atoms with Gasteiger partial charge in [0, 0.05) is 51.1 Å². The van der Waals surface area contributed by atoms with Crippen molar-refractivity contribution in [2.45, 2.75) is 26.2 Å². The lowest BCUT2D eigenvalue weighted by Gasteiger charge is -2.36. The number of piperidine rings is 1. The van der Waals surface area contributed by atoms with Gasteiger partial charge in [-0.1, -0.05) is 6.92 Å². The number of halogens is 1. The van der Waals surface area contributed by atoms with Crippen LogP contribution >= 0.6 is 0 Å². The Morgan fingerprint density at radius 3 is 2.57 bits per heavy atom. The van der Waals surface area contributed by atoms with Crippen LogP contribution in [0.3, 0.4) is 0 Å². The molecule has 0 spiro atoms. The zero-order chi connectivity index (χ0) is 19.5. The maximum Gasteiger partial charge on any atom is 0.222 e. The number of fused-ring (bicyclic) bond motifs is 1. The van der Waals surface area contributed by atoms with Crippen molar-refractivity contribution in [2.75, 3.05) is 50.7 Å². The summed E-state index contributed by atoms with van der Waals surface area (Å²) >= 11 is 0. The molecular formula is C21H28FN5O. The van der Waals surface area contributed by atoms with Gasteiger partial charge in [0.15, 0.2) is 0 Å². The van der Waals surface area contributed by atoms with Crippen LogP contribution in [-0.4, -0.2) is 71.5 Å². The molecule has 2 aliphatic heterocycles. The molecule has 6 nitrogen and oxygen atoms in total. The van der Waals surface area contributed by atoms with Gasteiger partial charge in [-0.2, -0.15) is 0 Å². The Hall–Kier alpha value is -2.28. The first-order valence-corrected chi connectivity index (χ1v) is 10.3. The van der Waals surface area contributed by atoms with Gasteiger partial charge in [0.05, 0.1) is 5.52 Å². The molecule has 0 aliphatic carbocycles. The molecule has 2 aliphatic rings. The maximum absolute atomic E-state index is 13.7. The van der Waals surface area contributed by atoms with Crippen molar-refractivity contribution in [2.24, 2.45) is 5.92 Å². The average molecular weight is 385 g/mol. The summed E-state index contributed by atoms with van der Waals surface area (Å²) in [5.41, 5.74) is 0.759. The number of amides is 1. The zero-order valence-corrected chi connectivity index (χ0v) is 16.5. The number of hydrogen-bond donors (Lipinski definition) is 0. The van der Waals surface area contributed by atoms with Crippen molar-refractivity contribution in [1.29, 1.82) is 0 Å². The summed E-state index contributed by atoms with van der Waals surface area (Å²) in [6.45, 7) is 8.57. The van der Waals surface area contributed by atoms with Gasteiger partial charge in [-0.15, -0.1) is 0 Å². The molecule has 1 amide bonds. The molecule has 0 N–H and O–H groups in total. The van der Waals surface area contributed by atoms with E-state index in [-0.39, 0.29) is 5.82 Å². The van der Waals surface area contributed by atoms with Crippen LogP contribution in [0.5, 0.6) is 0 Å². The second-order valence-corrected chi connectivity index (χ2v) is 7.81. The molecule has 2 saturated heterocycles. The maximum atomic E-state index is 13.7. The summed E-state index contributed by atoms with van der Waals surface area (Å²) in [7, 11) is 0. The quantitative estimate of drug-likeness (QED) is 0.810. The number of likely N-dealkylation sites (N-methyl/N-ethyl adjacent to an activating group) is 1. The Balaban J connectivity index is 1.34. The van der Waals surface area contributed by atoms with Crippen molar-refractivity contribution >= 4 is 22.6 Å². The number of aromatic nitrogens is 2. The van der Waals surface area contributed by atoms with E-state index in [1.165, 1.54) is 12.1 Å². The molecule has 4 rings (SSSR count). The average Bonchev–Trinajstić information content (AvgIpc) is 2.74. The lowest BCUT2D eigenvalue weighted by molar-refractivity contribution is -0.134. The number of nitrogens with zero attached hydrogens (tertiary/aromatic N) is 5. The highest BCUT2D eigenvalue weighted by Gasteiger charge is 2.27. The van der Waals surface area contributed by atoms with Crippen LogP contribution in [0.1, 0.15) is 26.2 Å². The highest BCUT2D eigenvalue weighted by molar-refractivity contribution is 5.89. The Bertz CT molecular complexity index is 829. The van der Waals surface area contributed by atoms with E-state index in [1.807, 2.05) is 4.90 Å². The van der Waals surface area contributed by atoms with E-state index in [9.17, 15) is 9.18 Å². The molecule has 0 atom stereocenters. The van der Waals surface area contributed by atoms with Gasteiger partial charge in [0.2, 0.25) is 5.91 Å². The second-order valence-electron chi connectivity index (χ2n) is 7.81. The predicted molar refractivity (Wildman–Crippen MR) is 108 cm³/mol. The summed E-state index contributed by atoms with van der Waals surface area (Å²) in [6, 6.07) is 4.63. The summed E-state index contributed by atoms with van der Waals surface area (Å²) in [5.74, 6) is 1.23. The van der Waals surface area contributed by atoms with E-state index < -0.39 is 0 Å². The largest absolute Gasteiger partial charge is 0.356 e. The van der Waals surface area contributed by atoms with Crippen LogP contribution in [0.4, 0.5) is 10.2 Å². The third-order valence-electron chi connectivity index (χ3n) is 6.13. The van der Waals surface area contributed by atoms with E-state index >= 15 is 0 Å². The lowest BCUT2D eigenvalue weighted by Crippen LogP contribution is -2.49. The SMILES string of the molecule is CCN1CCN(C(=O)CC2CCN(c3ncnc4ccc(F)cc34)CC2)CC1. The predicted octanol–water partition coefficient (Wildman–Crippen LogP) is 2.54. The van der Waals surface area contributed by atoms with Crippen molar-refractivity contribution < 1.29 is 9.18 Å². The lowest BCUT2D eigenvalue weighted by atomic mass is 9.92. The standard InChI is InChI=1S/C21H28FN5O/c1-2-25-9-11-26(12-10-25)20(28)13-16-5-7-27(8-6-16)21-18-14-17(22)3-4-19(18)23-15-24-21/h3-4,14-16H,2,5-13H2,1H3. The molecule has 28 heavy (non-hydrogen) atoms. The van der Waals surface area contributed by atoms with Crippen LogP contribution in [0.25, 0.3) is 10.9 Å². The number of piperazine rings is 1. The molecule has 2 aromatic rings. The number of carbonyl (C=O) groups is 1. The summed E-state index contributed by atoms with van der Waals surface area (Å²) in [4.78, 5) is 27.9. The smallest absolute Gasteiger partial charge is 0.222 e. The first-order chi connectivity index (χ1) is 13.6. The van der Waals surface area contributed by atoms with Gasteiger partial charge in [0.25, 0.3) is 0 Å². The fraction of sp³-hybridized carbons (Fsp3) is 0.571. The molecule has 150 valence electrons. The third kappa shape index (κ3) is 4.09. The molecule has 0 bridgehead atoms. The summed E-state index contributed by atoms with van der Waals surface area (Å²) in [5, 5.41) is 0.755. The highest BCUT2D eigenvalue weighted by Crippen LogP contribution is 2.29. The number of carbonyl (C=O) groups excluding carboxylic acids is 1. The van der Waals surface area contributed by atoms with Crippen LogP contribution in [0.15, 0.2) is 24.5 Å².